The number of aryl methyl sites for hydroxylation is 1. The summed E-state index contributed by atoms with van der Waals surface area (Å²) in [6.45, 7) is 10.3. The number of hydrogen-bond donors (Lipinski definition) is 1. The second kappa shape index (κ2) is 5.12. The number of nitrogens with zero attached hydrogens (tertiary/aromatic N) is 1. The van der Waals surface area contributed by atoms with Crippen molar-refractivity contribution in [1.29, 1.82) is 0 Å². The molecule has 0 saturated heterocycles. The van der Waals surface area contributed by atoms with Gasteiger partial charge in [-0.15, -0.1) is 0 Å². The average Bonchev–Trinajstić information content (AvgIpc) is 2.46. The van der Waals surface area contributed by atoms with Crippen LogP contribution in [0, 0.1) is 6.92 Å². The lowest BCUT2D eigenvalue weighted by Gasteiger charge is -2.07. The number of likely N-dealkylation sites (N-methyl/N-ethyl adjacent to an activating group) is 1. The molecule has 0 atom stereocenters. The zero-order chi connectivity index (χ0) is 10.6. The van der Waals surface area contributed by atoms with Crippen LogP contribution in [0.4, 0.5) is 0 Å². The SMILES string of the molecule is C=C(CNCC)Cn1c(C)csc1=O. The number of thiazole rings is 1. The van der Waals surface area contributed by atoms with Crippen molar-refractivity contribution < 1.29 is 0 Å². The third-order valence-electron chi connectivity index (χ3n) is 1.98. The average molecular weight is 212 g/mol. The van der Waals surface area contributed by atoms with Crippen LogP contribution in [0.5, 0.6) is 0 Å². The van der Waals surface area contributed by atoms with Gasteiger partial charge in [0, 0.05) is 24.2 Å². The first-order chi connectivity index (χ1) is 6.65. The number of rotatable bonds is 5. The molecule has 0 unspecified atom stereocenters. The highest BCUT2D eigenvalue weighted by Crippen LogP contribution is 2.02. The summed E-state index contributed by atoms with van der Waals surface area (Å²) < 4.78 is 1.75. The first-order valence-corrected chi connectivity index (χ1v) is 5.55. The van der Waals surface area contributed by atoms with Gasteiger partial charge in [-0.1, -0.05) is 24.8 Å². The van der Waals surface area contributed by atoms with Crippen LogP contribution in [-0.4, -0.2) is 17.7 Å². The maximum absolute atomic E-state index is 11.4. The molecular formula is C10H16N2OS. The van der Waals surface area contributed by atoms with Crippen LogP contribution in [0.3, 0.4) is 0 Å². The highest BCUT2D eigenvalue weighted by Gasteiger charge is 2.03. The van der Waals surface area contributed by atoms with Crippen molar-refractivity contribution in [3.8, 4) is 0 Å². The second-order valence-corrected chi connectivity index (χ2v) is 4.08. The summed E-state index contributed by atoms with van der Waals surface area (Å²) in [5.41, 5.74) is 2.05. The Balaban J connectivity index is 2.60. The number of nitrogens with one attached hydrogen (secondary N) is 1. The van der Waals surface area contributed by atoms with Crippen molar-refractivity contribution in [2.75, 3.05) is 13.1 Å². The van der Waals surface area contributed by atoms with E-state index in [1.165, 1.54) is 11.3 Å². The molecule has 0 saturated carbocycles. The first-order valence-electron chi connectivity index (χ1n) is 4.67. The molecule has 3 nitrogen and oxygen atoms in total. The van der Waals surface area contributed by atoms with E-state index in [1.807, 2.05) is 12.3 Å². The summed E-state index contributed by atoms with van der Waals surface area (Å²) in [5, 5.41) is 5.07. The van der Waals surface area contributed by atoms with Crippen LogP contribution in [0.1, 0.15) is 12.6 Å². The minimum Gasteiger partial charge on any atom is -0.313 e. The molecule has 0 bridgehead atoms. The summed E-state index contributed by atoms with van der Waals surface area (Å²) in [6.07, 6.45) is 0. The Hall–Kier alpha value is -0.870. The highest BCUT2D eigenvalue weighted by molar-refractivity contribution is 7.07. The van der Waals surface area contributed by atoms with Gasteiger partial charge in [-0.25, -0.2) is 0 Å². The van der Waals surface area contributed by atoms with Gasteiger partial charge in [0.1, 0.15) is 0 Å². The number of hydrogen-bond acceptors (Lipinski definition) is 3. The lowest BCUT2D eigenvalue weighted by molar-refractivity contribution is 0.686. The Morgan fingerprint density at radius 1 is 1.71 bits per heavy atom. The Morgan fingerprint density at radius 2 is 2.43 bits per heavy atom. The van der Waals surface area contributed by atoms with Crippen molar-refractivity contribution in [2.24, 2.45) is 0 Å². The minimum absolute atomic E-state index is 0.0974. The van der Waals surface area contributed by atoms with E-state index in [-0.39, 0.29) is 4.87 Å². The van der Waals surface area contributed by atoms with Crippen LogP contribution < -0.4 is 10.2 Å². The molecule has 1 N–H and O–H groups in total. The van der Waals surface area contributed by atoms with E-state index >= 15 is 0 Å². The van der Waals surface area contributed by atoms with Crippen LogP contribution in [0.15, 0.2) is 22.3 Å². The van der Waals surface area contributed by atoms with Crippen molar-refractivity contribution >= 4 is 11.3 Å². The molecule has 0 fully saturated rings. The van der Waals surface area contributed by atoms with Gasteiger partial charge in [-0.2, -0.15) is 0 Å². The fourth-order valence-electron chi connectivity index (χ4n) is 1.18. The summed E-state index contributed by atoms with van der Waals surface area (Å²) in [5.74, 6) is 0. The molecule has 0 spiro atoms. The third-order valence-corrected chi connectivity index (χ3v) is 2.86. The zero-order valence-electron chi connectivity index (χ0n) is 8.67. The third kappa shape index (κ3) is 2.82. The fraction of sp³-hybridized carbons (Fsp3) is 0.500. The van der Waals surface area contributed by atoms with Crippen LogP contribution in [0.2, 0.25) is 0 Å². The van der Waals surface area contributed by atoms with Gasteiger partial charge in [-0.3, -0.25) is 9.36 Å². The Morgan fingerprint density at radius 3 is 2.93 bits per heavy atom. The van der Waals surface area contributed by atoms with Crippen LogP contribution >= 0.6 is 11.3 Å². The molecule has 0 aliphatic heterocycles. The van der Waals surface area contributed by atoms with Crippen molar-refractivity contribution in [3.05, 3.63) is 32.9 Å². The summed E-state index contributed by atoms with van der Waals surface area (Å²) in [4.78, 5) is 11.5. The van der Waals surface area contributed by atoms with E-state index in [9.17, 15) is 4.79 Å². The van der Waals surface area contributed by atoms with Gasteiger partial charge in [0.15, 0.2) is 0 Å². The molecule has 4 heteroatoms. The normalized spacial score (nSPS) is 10.4. The Kier molecular flexibility index (Phi) is 4.10. The monoisotopic (exact) mass is 212 g/mol. The molecule has 1 heterocycles. The van der Waals surface area contributed by atoms with E-state index < -0.39 is 0 Å². The van der Waals surface area contributed by atoms with E-state index in [4.69, 9.17) is 0 Å². The molecule has 78 valence electrons. The van der Waals surface area contributed by atoms with Gasteiger partial charge in [-0.05, 0) is 19.0 Å². The molecule has 1 aromatic heterocycles. The lowest BCUT2D eigenvalue weighted by atomic mass is 10.3. The Bertz CT molecular complexity index is 364. The maximum Gasteiger partial charge on any atom is 0.307 e. The lowest BCUT2D eigenvalue weighted by Crippen LogP contribution is -2.22. The fourth-order valence-corrected chi connectivity index (χ4v) is 1.91. The van der Waals surface area contributed by atoms with Gasteiger partial charge in [0.2, 0.25) is 0 Å². The maximum atomic E-state index is 11.4. The van der Waals surface area contributed by atoms with E-state index in [0.717, 1.165) is 24.4 Å². The molecule has 0 aromatic carbocycles. The van der Waals surface area contributed by atoms with E-state index in [1.54, 1.807) is 4.57 Å². The van der Waals surface area contributed by atoms with Crippen LogP contribution in [-0.2, 0) is 6.54 Å². The predicted octanol–water partition coefficient (Wildman–Crippen LogP) is 1.38. The zero-order valence-corrected chi connectivity index (χ0v) is 9.49. The Labute approximate surface area is 88.1 Å². The minimum atomic E-state index is 0.0974. The molecule has 0 aliphatic rings. The van der Waals surface area contributed by atoms with Gasteiger partial charge >= 0.3 is 4.87 Å². The van der Waals surface area contributed by atoms with Crippen molar-refractivity contribution in [3.63, 3.8) is 0 Å². The molecule has 14 heavy (non-hydrogen) atoms. The largest absolute Gasteiger partial charge is 0.313 e. The smallest absolute Gasteiger partial charge is 0.307 e. The summed E-state index contributed by atoms with van der Waals surface area (Å²) >= 11 is 1.24. The molecule has 0 radical (unpaired) electrons. The van der Waals surface area contributed by atoms with E-state index in [2.05, 4.69) is 18.8 Å². The standard InChI is InChI=1S/C10H16N2OS/c1-4-11-5-8(2)6-12-9(3)7-14-10(12)13/h7,11H,2,4-6H2,1,3H3. The first kappa shape index (κ1) is 11.2. The van der Waals surface area contributed by atoms with Gasteiger partial charge < -0.3 is 5.32 Å². The quantitative estimate of drug-likeness (QED) is 0.748. The molecule has 1 aromatic rings. The molecule has 0 amide bonds. The van der Waals surface area contributed by atoms with Gasteiger partial charge in [0.05, 0.1) is 0 Å². The molecule has 1 rings (SSSR count). The van der Waals surface area contributed by atoms with E-state index in [0.29, 0.717) is 6.54 Å². The summed E-state index contributed by atoms with van der Waals surface area (Å²) in [7, 11) is 0. The number of aromatic nitrogens is 1. The molecule has 0 aliphatic carbocycles. The van der Waals surface area contributed by atoms with Crippen LogP contribution in [0.25, 0.3) is 0 Å². The predicted molar refractivity (Wildman–Crippen MR) is 61.0 cm³/mol. The van der Waals surface area contributed by atoms with Gasteiger partial charge in [0.25, 0.3) is 0 Å². The molecular weight excluding hydrogens is 196 g/mol. The topological polar surface area (TPSA) is 34.0 Å². The van der Waals surface area contributed by atoms with Crippen molar-refractivity contribution in [2.45, 2.75) is 20.4 Å². The second-order valence-electron chi connectivity index (χ2n) is 3.26. The summed E-state index contributed by atoms with van der Waals surface area (Å²) in [6, 6.07) is 0. The highest BCUT2D eigenvalue weighted by atomic mass is 32.1. The van der Waals surface area contributed by atoms with Crippen molar-refractivity contribution in [1.82, 2.24) is 9.88 Å².